The maximum Gasteiger partial charge on any atom is 0.137 e. The zero-order valence-corrected chi connectivity index (χ0v) is 13.6. The SMILES string of the molecule is CCC(CC)(CNCc1ccc(Br)c(F)c1)SC. The summed E-state index contributed by atoms with van der Waals surface area (Å²) in [6.07, 6.45) is 4.45. The van der Waals surface area contributed by atoms with Gasteiger partial charge in [0.05, 0.1) is 4.47 Å². The van der Waals surface area contributed by atoms with E-state index in [0.717, 1.165) is 24.9 Å². The molecule has 0 atom stereocenters. The van der Waals surface area contributed by atoms with Crippen LogP contribution in [0.4, 0.5) is 4.39 Å². The first-order valence-electron chi connectivity index (χ1n) is 6.26. The highest BCUT2D eigenvalue weighted by atomic mass is 79.9. The number of nitrogens with one attached hydrogen (secondary N) is 1. The molecule has 1 nitrogen and oxygen atoms in total. The van der Waals surface area contributed by atoms with Crippen molar-refractivity contribution in [1.29, 1.82) is 0 Å². The molecule has 0 aliphatic rings. The smallest absolute Gasteiger partial charge is 0.137 e. The average molecular weight is 334 g/mol. The van der Waals surface area contributed by atoms with Crippen molar-refractivity contribution in [1.82, 2.24) is 5.32 Å². The van der Waals surface area contributed by atoms with Crippen molar-refractivity contribution in [3.05, 3.63) is 34.1 Å². The van der Waals surface area contributed by atoms with E-state index in [2.05, 4.69) is 41.3 Å². The van der Waals surface area contributed by atoms with Crippen LogP contribution in [-0.4, -0.2) is 17.5 Å². The fraction of sp³-hybridized carbons (Fsp3) is 0.571. The molecule has 0 amide bonds. The van der Waals surface area contributed by atoms with Crippen LogP contribution in [0.25, 0.3) is 0 Å². The Morgan fingerprint density at radius 1 is 1.33 bits per heavy atom. The third kappa shape index (κ3) is 4.25. The first-order chi connectivity index (χ1) is 8.56. The van der Waals surface area contributed by atoms with Gasteiger partial charge in [0.2, 0.25) is 0 Å². The van der Waals surface area contributed by atoms with Gasteiger partial charge in [-0.05, 0) is 52.7 Å². The first-order valence-corrected chi connectivity index (χ1v) is 8.28. The number of hydrogen-bond donors (Lipinski definition) is 1. The monoisotopic (exact) mass is 333 g/mol. The van der Waals surface area contributed by atoms with Crippen LogP contribution in [0.1, 0.15) is 32.3 Å². The Kier molecular flexibility index (Phi) is 6.67. The van der Waals surface area contributed by atoms with Crippen molar-refractivity contribution in [2.75, 3.05) is 12.8 Å². The van der Waals surface area contributed by atoms with Crippen LogP contribution < -0.4 is 5.32 Å². The van der Waals surface area contributed by atoms with Crippen molar-refractivity contribution in [2.45, 2.75) is 38.0 Å². The Morgan fingerprint density at radius 2 is 2.00 bits per heavy atom. The van der Waals surface area contributed by atoms with E-state index in [1.54, 1.807) is 12.1 Å². The minimum absolute atomic E-state index is 0.198. The molecule has 1 N–H and O–H groups in total. The van der Waals surface area contributed by atoms with E-state index >= 15 is 0 Å². The predicted molar refractivity (Wildman–Crippen MR) is 82.6 cm³/mol. The van der Waals surface area contributed by atoms with Gasteiger partial charge in [0.15, 0.2) is 0 Å². The number of benzene rings is 1. The van der Waals surface area contributed by atoms with Crippen LogP contribution in [-0.2, 0) is 6.54 Å². The molecule has 0 aliphatic heterocycles. The lowest BCUT2D eigenvalue weighted by molar-refractivity contribution is 0.494. The molecule has 1 aromatic carbocycles. The van der Waals surface area contributed by atoms with Crippen molar-refractivity contribution in [2.24, 2.45) is 0 Å². The van der Waals surface area contributed by atoms with E-state index in [-0.39, 0.29) is 5.82 Å². The van der Waals surface area contributed by atoms with E-state index in [1.807, 2.05) is 17.8 Å². The van der Waals surface area contributed by atoms with Crippen LogP contribution in [0, 0.1) is 5.82 Å². The normalized spacial score (nSPS) is 11.8. The lowest BCUT2D eigenvalue weighted by Crippen LogP contribution is -2.36. The quantitative estimate of drug-likeness (QED) is 0.782. The van der Waals surface area contributed by atoms with Gasteiger partial charge >= 0.3 is 0 Å². The van der Waals surface area contributed by atoms with E-state index in [9.17, 15) is 4.39 Å². The Bertz CT molecular complexity index is 372. The van der Waals surface area contributed by atoms with Crippen molar-refractivity contribution in [3.8, 4) is 0 Å². The lowest BCUT2D eigenvalue weighted by atomic mass is 10.0. The van der Waals surface area contributed by atoms with E-state index in [0.29, 0.717) is 15.8 Å². The van der Waals surface area contributed by atoms with Crippen LogP contribution in [0.5, 0.6) is 0 Å². The standard InChI is InChI=1S/C14H21BrFNS/c1-4-14(5-2,18-3)10-17-9-11-6-7-12(15)13(16)8-11/h6-8,17H,4-5,9-10H2,1-3H3. The van der Waals surface area contributed by atoms with Gasteiger partial charge in [0.1, 0.15) is 5.82 Å². The fourth-order valence-corrected chi connectivity index (χ4v) is 3.02. The second-order valence-electron chi connectivity index (χ2n) is 4.45. The summed E-state index contributed by atoms with van der Waals surface area (Å²) in [6.45, 7) is 6.12. The summed E-state index contributed by atoms with van der Waals surface area (Å²) < 4.78 is 14.2. The maximum absolute atomic E-state index is 13.4. The molecule has 0 saturated carbocycles. The van der Waals surface area contributed by atoms with Gasteiger partial charge < -0.3 is 5.32 Å². The molecule has 0 aliphatic carbocycles. The number of rotatable bonds is 7. The molecule has 0 spiro atoms. The highest BCUT2D eigenvalue weighted by Gasteiger charge is 2.23. The second kappa shape index (κ2) is 7.51. The fourth-order valence-electron chi connectivity index (χ4n) is 1.95. The molecule has 102 valence electrons. The number of halogens is 2. The summed E-state index contributed by atoms with van der Waals surface area (Å²) in [5.74, 6) is -0.198. The molecule has 0 fully saturated rings. The topological polar surface area (TPSA) is 12.0 Å². The summed E-state index contributed by atoms with van der Waals surface area (Å²) in [5.41, 5.74) is 0.984. The Balaban J connectivity index is 2.52. The van der Waals surface area contributed by atoms with Gasteiger partial charge in [-0.15, -0.1) is 0 Å². The third-order valence-corrected chi connectivity index (χ3v) is 5.71. The molecule has 1 rings (SSSR count). The molecule has 4 heteroatoms. The zero-order valence-electron chi connectivity index (χ0n) is 11.2. The number of hydrogen-bond acceptors (Lipinski definition) is 2. The van der Waals surface area contributed by atoms with Gasteiger partial charge in [-0.3, -0.25) is 0 Å². The molecule has 0 radical (unpaired) electrons. The average Bonchev–Trinajstić information content (AvgIpc) is 2.39. The minimum atomic E-state index is -0.198. The highest BCUT2D eigenvalue weighted by Crippen LogP contribution is 2.29. The Hall–Kier alpha value is -0.0600. The third-order valence-electron chi connectivity index (χ3n) is 3.48. The Labute approximate surface area is 122 Å². The van der Waals surface area contributed by atoms with E-state index < -0.39 is 0 Å². The summed E-state index contributed by atoms with van der Waals surface area (Å²) >= 11 is 5.08. The molecule has 0 unspecified atom stereocenters. The largest absolute Gasteiger partial charge is 0.311 e. The minimum Gasteiger partial charge on any atom is -0.311 e. The maximum atomic E-state index is 13.4. The van der Waals surface area contributed by atoms with E-state index in [4.69, 9.17) is 0 Å². The molecule has 1 aromatic rings. The summed E-state index contributed by atoms with van der Waals surface area (Å²) in [5, 5.41) is 3.44. The Morgan fingerprint density at radius 3 is 2.50 bits per heavy atom. The van der Waals surface area contributed by atoms with Crippen molar-refractivity contribution in [3.63, 3.8) is 0 Å². The highest BCUT2D eigenvalue weighted by molar-refractivity contribution is 9.10. The number of thioether (sulfide) groups is 1. The van der Waals surface area contributed by atoms with Crippen LogP contribution in [0.15, 0.2) is 22.7 Å². The molecule has 0 heterocycles. The van der Waals surface area contributed by atoms with Gasteiger partial charge in [0, 0.05) is 17.8 Å². The van der Waals surface area contributed by atoms with Crippen LogP contribution in [0.2, 0.25) is 0 Å². The lowest BCUT2D eigenvalue weighted by Gasteiger charge is -2.30. The van der Waals surface area contributed by atoms with Gasteiger partial charge in [-0.25, -0.2) is 4.39 Å². The van der Waals surface area contributed by atoms with Gasteiger partial charge in [-0.2, -0.15) is 11.8 Å². The van der Waals surface area contributed by atoms with Gasteiger partial charge in [0.25, 0.3) is 0 Å². The summed E-state index contributed by atoms with van der Waals surface area (Å²) in [7, 11) is 0. The molecule has 0 saturated heterocycles. The van der Waals surface area contributed by atoms with Crippen molar-refractivity contribution >= 4 is 27.7 Å². The molecular formula is C14H21BrFNS. The molecular weight excluding hydrogens is 313 g/mol. The van der Waals surface area contributed by atoms with Gasteiger partial charge in [-0.1, -0.05) is 19.9 Å². The zero-order chi connectivity index (χ0) is 13.6. The molecule has 0 bridgehead atoms. The van der Waals surface area contributed by atoms with E-state index in [1.165, 1.54) is 0 Å². The second-order valence-corrected chi connectivity index (χ2v) is 6.57. The van der Waals surface area contributed by atoms with Crippen LogP contribution in [0.3, 0.4) is 0 Å². The first kappa shape index (κ1) is 16.0. The molecule has 18 heavy (non-hydrogen) atoms. The van der Waals surface area contributed by atoms with Crippen molar-refractivity contribution < 1.29 is 4.39 Å². The van der Waals surface area contributed by atoms with Crippen LogP contribution >= 0.6 is 27.7 Å². The summed E-state index contributed by atoms with van der Waals surface area (Å²) in [6, 6.07) is 5.28. The predicted octanol–water partition coefficient (Wildman–Crippen LogP) is 4.60. The summed E-state index contributed by atoms with van der Waals surface area (Å²) in [4.78, 5) is 0. The molecule has 0 aromatic heterocycles.